The predicted molar refractivity (Wildman–Crippen MR) is 93.1 cm³/mol. The maximum atomic E-state index is 12.5. The number of rotatable bonds is 4. The van der Waals surface area contributed by atoms with Gasteiger partial charge in [0.05, 0.1) is 7.11 Å². The fourth-order valence-electron chi connectivity index (χ4n) is 3.04. The second kappa shape index (κ2) is 7.99. The molecule has 1 aliphatic rings. The normalized spacial score (nSPS) is 17.0. The van der Waals surface area contributed by atoms with Gasteiger partial charge in [-0.2, -0.15) is 4.98 Å². The third-order valence-electron chi connectivity index (χ3n) is 4.42. The highest BCUT2D eigenvalue weighted by Gasteiger charge is 2.32. The number of carbonyl (C=O) groups excluding carboxylic acids is 2. The average molecular weight is 358 g/mol. The number of nitrogens with zero attached hydrogens (tertiary/aromatic N) is 3. The Bertz CT molecular complexity index is 772. The van der Waals surface area contributed by atoms with Gasteiger partial charge in [-0.1, -0.05) is 29.4 Å². The molecule has 1 aliphatic heterocycles. The van der Waals surface area contributed by atoms with Crippen LogP contribution in [0.4, 0.5) is 4.79 Å². The highest BCUT2D eigenvalue weighted by atomic mass is 16.5. The van der Waals surface area contributed by atoms with Crippen molar-refractivity contribution in [3.8, 4) is 11.4 Å². The van der Waals surface area contributed by atoms with Crippen LogP contribution in [0.5, 0.6) is 0 Å². The quantitative estimate of drug-likeness (QED) is 0.900. The van der Waals surface area contributed by atoms with Crippen LogP contribution in [-0.2, 0) is 16.1 Å². The summed E-state index contributed by atoms with van der Waals surface area (Å²) in [5.74, 6) is 0.890. The Kier molecular flexibility index (Phi) is 5.50. The summed E-state index contributed by atoms with van der Waals surface area (Å²) in [6, 6.07) is 7.10. The molecule has 2 heterocycles. The topological polar surface area (TPSA) is 97.6 Å². The van der Waals surface area contributed by atoms with Gasteiger partial charge in [-0.05, 0) is 24.8 Å². The molecular formula is C18H22N4O4. The van der Waals surface area contributed by atoms with E-state index in [0.29, 0.717) is 31.2 Å². The second-order valence-corrected chi connectivity index (χ2v) is 6.23. The SMILES string of the molecule is COC(=O)N1CCCC[C@@H]1C(=O)NCc1ccc(-c2noc(C)n2)cc1. The summed E-state index contributed by atoms with van der Waals surface area (Å²) in [6.45, 7) is 2.67. The molecule has 0 saturated carbocycles. The van der Waals surface area contributed by atoms with Crippen LogP contribution in [0.15, 0.2) is 28.8 Å². The molecule has 138 valence electrons. The number of likely N-dealkylation sites (tertiary alicyclic amines) is 1. The zero-order valence-corrected chi connectivity index (χ0v) is 14.9. The summed E-state index contributed by atoms with van der Waals surface area (Å²) < 4.78 is 9.75. The Labute approximate surface area is 151 Å². The van der Waals surface area contributed by atoms with Crippen molar-refractivity contribution in [2.45, 2.75) is 38.8 Å². The number of aryl methyl sites for hydroxylation is 1. The van der Waals surface area contributed by atoms with Crippen molar-refractivity contribution in [2.75, 3.05) is 13.7 Å². The third-order valence-corrected chi connectivity index (χ3v) is 4.42. The minimum absolute atomic E-state index is 0.159. The Hall–Kier alpha value is -2.90. The molecule has 8 heteroatoms. The van der Waals surface area contributed by atoms with E-state index in [1.807, 2.05) is 24.3 Å². The smallest absolute Gasteiger partial charge is 0.410 e. The average Bonchev–Trinajstić information content (AvgIpc) is 3.12. The van der Waals surface area contributed by atoms with E-state index < -0.39 is 12.1 Å². The summed E-state index contributed by atoms with van der Waals surface area (Å²) in [6.07, 6.45) is 2.00. The van der Waals surface area contributed by atoms with E-state index in [2.05, 4.69) is 15.5 Å². The summed E-state index contributed by atoms with van der Waals surface area (Å²) in [5, 5.41) is 6.78. The van der Waals surface area contributed by atoms with E-state index in [9.17, 15) is 9.59 Å². The highest BCUT2D eigenvalue weighted by Crippen LogP contribution is 2.19. The molecule has 2 amide bonds. The van der Waals surface area contributed by atoms with Crippen LogP contribution in [0.1, 0.15) is 30.7 Å². The van der Waals surface area contributed by atoms with E-state index >= 15 is 0 Å². The van der Waals surface area contributed by atoms with Gasteiger partial charge in [-0.3, -0.25) is 9.69 Å². The van der Waals surface area contributed by atoms with Gasteiger partial charge in [-0.15, -0.1) is 0 Å². The lowest BCUT2D eigenvalue weighted by atomic mass is 10.0. The maximum Gasteiger partial charge on any atom is 0.410 e. The van der Waals surface area contributed by atoms with Crippen molar-refractivity contribution in [3.63, 3.8) is 0 Å². The number of hydrogen-bond acceptors (Lipinski definition) is 6. The third kappa shape index (κ3) is 4.01. The molecule has 0 aliphatic carbocycles. The van der Waals surface area contributed by atoms with E-state index in [0.717, 1.165) is 24.0 Å². The molecule has 0 spiro atoms. The van der Waals surface area contributed by atoms with Crippen molar-refractivity contribution >= 4 is 12.0 Å². The predicted octanol–water partition coefficient (Wildman–Crippen LogP) is 2.28. The second-order valence-electron chi connectivity index (χ2n) is 6.23. The van der Waals surface area contributed by atoms with Crippen molar-refractivity contribution in [3.05, 3.63) is 35.7 Å². The van der Waals surface area contributed by atoms with Gasteiger partial charge < -0.3 is 14.6 Å². The van der Waals surface area contributed by atoms with Crippen LogP contribution in [0.25, 0.3) is 11.4 Å². The highest BCUT2D eigenvalue weighted by molar-refractivity contribution is 5.85. The largest absolute Gasteiger partial charge is 0.453 e. The van der Waals surface area contributed by atoms with Crippen LogP contribution in [-0.4, -0.2) is 46.7 Å². The van der Waals surface area contributed by atoms with Crippen LogP contribution in [0.2, 0.25) is 0 Å². The Morgan fingerprint density at radius 1 is 1.31 bits per heavy atom. The number of hydrogen-bond donors (Lipinski definition) is 1. The maximum absolute atomic E-state index is 12.5. The number of piperidine rings is 1. The van der Waals surface area contributed by atoms with Crippen molar-refractivity contribution < 1.29 is 18.8 Å². The molecule has 0 bridgehead atoms. The summed E-state index contributed by atoms with van der Waals surface area (Å²) in [5.41, 5.74) is 1.80. The van der Waals surface area contributed by atoms with Gasteiger partial charge >= 0.3 is 6.09 Å². The Balaban J connectivity index is 1.59. The lowest BCUT2D eigenvalue weighted by Gasteiger charge is -2.33. The fourth-order valence-corrected chi connectivity index (χ4v) is 3.04. The van der Waals surface area contributed by atoms with Gasteiger partial charge in [0.15, 0.2) is 0 Å². The molecule has 8 nitrogen and oxygen atoms in total. The lowest BCUT2D eigenvalue weighted by Crippen LogP contribution is -2.51. The molecule has 0 unspecified atom stereocenters. The van der Waals surface area contributed by atoms with Crippen LogP contribution < -0.4 is 5.32 Å². The van der Waals surface area contributed by atoms with Crippen LogP contribution >= 0.6 is 0 Å². The lowest BCUT2D eigenvalue weighted by molar-refractivity contribution is -0.127. The molecule has 26 heavy (non-hydrogen) atoms. The number of nitrogens with one attached hydrogen (secondary N) is 1. The Morgan fingerprint density at radius 2 is 2.08 bits per heavy atom. The Morgan fingerprint density at radius 3 is 2.73 bits per heavy atom. The first-order valence-corrected chi connectivity index (χ1v) is 8.60. The van der Waals surface area contributed by atoms with E-state index in [-0.39, 0.29) is 5.91 Å². The molecule has 1 saturated heterocycles. The van der Waals surface area contributed by atoms with Crippen molar-refractivity contribution in [2.24, 2.45) is 0 Å². The number of carbonyl (C=O) groups is 2. The molecule has 2 aromatic rings. The zero-order chi connectivity index (χ0) is 18.5. The van der Waals surface area contributed by atoms with Gasteiger partial charge in [0.25, 0.3) is 0 Å². The molecule has 3 rings (SSSR count). The zero-order valence-electron chi connectivity index (χ0n) is 14.9. The summed E-state index contributed by atoms with van der Waals surface area (Å²) >= 11 is 0. The molecule has 1 atom stereocenters. The summed E-state index contributed by atoms with van der Waals surface area (Å²) in [7, 11) is 1.33. The monoisotopic (exact) mass is 358 g/mol. The first-order chi connectivity index (χ1) is 12.6. The molecule has 1 aromatic heterocycles. The number of aromatic nitrogens is 2. The molecule has 0 radical (unpaired) electrons. The van der Waals surface area contributed by atoms with Gasteiger partial charge in [0.1, 0.15) is 6.04 Å². The molecule has 1 aromatic carbocycles. The number of ether oxygens (including phenoxy) is 1. The minimum atomic E-state index is -0.474. The number of benzene rings is 1. The van der Waals surface area contributed by atoms with Crippen molar-refractivity contribution in [1.82, 2.24) is 20.4 Å². The minimum Gasteiger partial charge on any atom is -0.453 e. The van der Waals surface area contributed by atoms with E-state index in [1.165, 1.54) is 12.0 Å². The first kappa shape index (κ1) is 17.9. The van der Waals surface area contributed by atoms with Gasteiger partial charge in [-0.25, -0.2) is 4.79 Å². The molecule has 1 fully saturated rings. The fraction of sp³-hybridized carbons (Fsp3) is 0.444. The van der Waals surface area contributed by atoms with E-state index in [4.69, 9.17) is 9.26 Å². The van der Waals surface area contributed by atoms with Crippen LogP contribution in [0.3, 0.4) is 0 Å². The molecule has 1 N–H and O–H groups in total. The number of methoxy groups -OCH3 is 1. The molecular weight excluding hydrogens is 336 g/mol. The number of amides is 2. The summed E-state index contributed by atoms with van der Waals surface area (Å²) in [4.78, 5) is 30.0. The van der Waals surface area contributed by atoms with Crippen molar-refractivity contribution in [1.29, 1.82) is 0 Å². The van der Waals surface area contributed by atoms with E-state index in [1.54, 1.807) is 6.92 Å². The first-order valence-electron chi connectivity index (χ1n) is 8.60. The van der Waals surface area contributed by atoms with Gasteiger partial charge in [0, 0.05) is 25.6 Å². The van der Waals surface area contributed by atoms with Gasteiger partial charge in [0.2, 0.25) is 17.6 Å². The van der Waals surface area contributed by atoms with Crippen LogP contribution in [0, 0.1) is 6.92 Å². The standard InChI is InChI=1S/C18H22N4O4/c1-12-20-16(21-26-12)14-8-6-13(7-9-14)11-19-17(23)15-5-3-4-10-22(15)18(24)25-2/h6-9,15H,3-5,10-11H2,1-2H3,(H,19,23)/t15-/m1/s1.